The Hall–Kier alpha value is -1.87. The van der Waals surface area contributed by atoms with E-state index >= 15 is 0 Å². The molecule has 0 aromatic heterocycles. The second-order valence-electron chi connectivity index (χ2n) is 6.12. The summed E-state index contributed by atoms with van der Waals surface area (Å²) in [4.78, 5) is 0. The van der Waals surface area contributed by atoms with E-state index in [-0.39, 0.29) is 23.5 Å². The summed E-state index contributed by atoms with van der Waals surface area (Å²) in [7, 11) is 0. The van der Waals surface area contributed by atoms with Gasteiger partial charge in [0.25, 0.3) is 0 Å². The fraction of sp³-hybridized carbons (Fsp3) is 0.333. The molecule has 2 nitrogen and oxygen atoms in total. The Morgan fingerprint density at radius 1 is 1.10 bits per heavy atom. The van der Waals surface area contributed by atoms with Crippen LogP contribution in [0.2, 0.25) is 0 Å². The summed E-state index contributed by atoms with van der Waals surface area (Å²) in [6.07, 6.45) is 0. The molecule has 21 heavy (non-hydrogen) atoms. The molecule has 2 aromatic carbocycles. The molecule has 2 unspecified atom stereocenters. The SMILES string of the molecule is CC(NC1c2ccccc2OC1(C)C)c1ccc(F)cc1. The van der Waals surface area contributed by atoms with Crippen molar-refractivity contribution in [2.24, 2.45) is 0 Å². The maximum Gasteiger partial charge on any atom is 0.125 e. The highest BCUT2D eigenvalue weighted by Gasteiger charge is 2.41. The Morgan fingerprint density at radius 2 is 1.76 bits per heavy atom. The maximum atomic E-state index is 13.0. The third-order valence-electron chi connectivity index (χ3n) is 4.08. The van der Waals surface area contributed by atoms with E-state index in [1.54, 1.807) is 0 Å². The Morgan fingerprint density at radius 3 is 2.48 bits per heavy atom. The number of rotatable bonds is 3. The van der Waals surface area contributed by atoms with Crippen LogP contribution in [0.3, 0.4) is 0 Å². The molecule has 2 aromatic rings. The van der Waals surface area contributed by atoms with Gasteiger partial charge in [-0.3, -0.25) is 5.32 Å². The molecule has 1 heterocycles. The maximum absolute atomic E-state index is 13.0. The predicted octanol–water partition coefficient (Wildman–Crippen LogP) is 4.39. The number of fused-ring (bicyclic) bond motifs is 1. The van der Waals surface area contributed by atoms with Crippen molar-refractivity contribution in [3.63, 3.8) is 0 Å². The first kappa shape index (κ1) is 14.1. The van der Waals surface area contributed by atoms with Gasteiger partial charge in [0.15, 0.2) is 0 Å². The van der Waals surface area contributed by atoms with E-state index in [0.29, 0.717) is 0 Å². The predicted molar refractivity (Wildman–Crippen MR) is 81.8 cm³/mol. The first-order valence-corrected chi connectivity index (χ1v) is 7.27. The van der Waals surface area contributed by atoms with E-state index in [1.807, 2.05) is 30.3 Å². The molecule has 1 aliphatic rings. The van der Waals surface area contributed by atoms with Gasteiger partial charge in [-0.25, -0.2) is 4.39 Å². The Balaban J connectivity index is 1.85. The highest BCUT2D eigenvalue weighted by atomic mass is 19.1. The van der Waals surface area contributed by atoms with E-state index < -0.39 is 0 Å². The Kier molecular flexibility index (Phi) is 3.46. The molecule has 0 saturated heterocycles. The minimum atomic E-state index is -0.308. The largest absolute Gasteiger partial charge is 0.486 e. The minimum absolute atomic E-state index is 0.105. The second-order valence-corrected chi connectivity index (χ2v) is 6.12. The van der Waals surface area contributed by atoms with Gasteiger partial charge in [-0.1, -0.05) is 30.3 Å². The lowest BCUT2D eigenvalue weighted by Crippen LogP contribution is -2.40. The fourth-order valence-corrected chi connectivity index (χ4v) is 2.92. The summed E-state index contributed by atoms with van der Waals surface area (Å²) in [5.41, 5.74) is 1.94. The Bertz CT molecular complexity index is 636. The number of benzene rings is 2. The van der Waals surface area contributed by atoms with Crippen molar-refractivity contribution in [1.82, 2.24) is 5.32 Å². The van der Waals surface area contributed by atoms with Crippen LogP contribution < -0.4 is 10.1 Å². The smallest absolute Gasteiger partial charge is 0.125 e. The zero-order valence-corrected chi connectivity index (χ0v) is 12.6. The average Bonchev–Trinajstić information content (AvgIpc) is 2.70. The van der Waals surface area contributed by atoms with E-state index in [1.165, 1.54) is 17.7 Å². The van der Waals surface area contributed by atoms with Crippen molar-refractivity contribution < 1.29 is 9.13 Å². The highest BCUT2D eigenvalue weighted by Crippen LogP contribution is 2.43. The summed E-state index contributed by atoms with van der Waals surface area (Å²) in [6.45, 7) is 6.26. The van der Waals surface area contributed by atoms with Crippen LogP contribution in [0.25, 0.3) is 0 Å². The molecular weight excluding hydrogens is 265 g/mol. The summed E-state index contributed by atoms with van der Waals surface area (Å²) in [5.74, 6) is 0.729. The molecule has 1 N–H and O–H groups in total. The van der Waals surface area contributed by atoms with Crippen LogP contribution >= 0.6 is 0 Å². The third kappa shape index (κ3) is 2.66. The fourth-order valence-electron chi connectivity index (χ4n) is 2.92. The van der Waals surface area contributed by atoms with Crippen molar-refractivity contribution >= 4 is 0 Å². The molecule has 0 fully saturated rings. The molecule has 3 rings (SSSR count). The lowest BCUT2D eigenvalue weighted by molar-refractivity contribution is 0.0919. The van der Waals surface area contributed by atoms with Crippen molar-refractivity contribution in [1.29, 1.82) is 0 Å². The molecule has 0 bridgehead atoms. The second kappa shape index (κ2) is 5.15. The van der Waals surface area contributed by atoms with Gasteiger partial charge >= 0.3 is 0 Å². The van der Waals surface area contributed by atoms with Crippen LogP contribution in [-0.2, 0) is 0 Å². The molecule has 2 atom stereocenters. The van der Waals surface area contributed by atoms with Crippen LogP contribution in [0.1, 0.15) is 44.0 Å². The molecule has 0 saturated carbocycles. The zero-order chi connectivity index (χ0) is 15.0. The highest BCUT2D eigenvalue weighted by molar-refractivity contribution is 5.42. The average molecular weight is 285 g/mol. The van der Waals surface area contributed by atoms with Gasteiger partial charge < -0.3 is 4.74 Å². The van der Waals surface area contributed by atoms with Gasteiger partial charge in [0.05, 0.1) is 6.04 Å². The van der Waals surface area contributed by atoms with Gasteiger partial charge in [0.2, 0.25) is 0 Å². The standard InChI is InChI=1S/C18H20FNO/c1-12(13-8-10-14(19)11-9-13)20-17-15-6-4-5-7-16(15)21-18(17,2)3/h4-12,17,20H,1-3H3. The molecule has 0 aliphatic carbocycles. The number of hydrogen-bond donors (Lipinski definition) is 1. The van der Waals surface area contributed by atoms with E-state index in [0.717, 1.165) is 11.3 Å². The quantitative estimate of drug-likeness (QED) is 0.903. The van der Waals surface area contributed by atoms with Crippen LogP contribution in [0.4, 0.5) is 4.39 Å². The molecular formula is C18H20FNO. The van der Waals surface area contributed by atoms with Crippen LogP contribution in [0, 0.1) is 5.82 Å². The molecule has 0 amide bonds. The summed E-state index contributed by atoms with van der Waals surface area (Å²) in [5, 5.41) is 3.61. The first-order chi connectivity index (χ1) is 9.97. The summed E-state index contributed by atoms with van der Waals surface area (Å²) in [6, 6.07) is 15.0. The van der Waals surface area contributed by atoms with Gasteiger partial charge in [-0.05, 0) is 44.5 Å². The zero-order valence-electron chi connectivity index (χ0n) is 12.6. The summed E-state index contributed by atoms with van der Waals surface area (Å²) >= 11 is 0. The van der Waals surface area contributed by atoms with Crippen molar-refractivity contribution in [3.05, 3.63) is 65.5 Å². The molecule has 110 valence electrons. The van der Waals surface area contributed by atoms with Crippen LogP contribution in [-0.4, -0.2) is 5.60 Å². The third-order valence-corrected chi connectivity index (χ3v) is 4.08. The van der Waals surface area contributed by atoms with Gasteiger partial charge in [-0.15, -0.1) is 0 Å². The van der Waals surface area contributed by atoms with Crippen molar-refractivity contribution in [2.45, 2.75) is 38.5 Å². The number of halogens is 1. The van der Waals surface area contributed by atoms with Crippen molar-refractivity contribution in [2.75, 3.05) is 0 Å². The van der Waals surface area contributed by atoms with Gasteiger partial charge in [0, 0.05) is 11.6 Å². The van der Waals surface area contributed by atoms with Gasteiger partial charge in [-0.2, -0.15) is 0 Å². The summed E-state index contributed by atoms with van der Waals surface area (Å²) < 4.78 is 19.1. The number of para-hydroxylation sites is 1. The monoisotopic (exact) mass is 285 g/mol. The molecule has 1 aliphatic heterocycles. The normalized spacial score (nSPS) is 20.7. The number of ether oxygens (including phenoxy) is 1. The number of hydrogen-bond acceptors (Lipinski definition) is 2. The molecule has 0 radical (unpaired) electrons. The minimum Gasteiger partial charge on any atom is -0.486 e. The molecule has 3 heteroatoms. The lowest BCUT2D eigenvalue weighted by atomic mass is 9.93. The van der Waals surface area contributed by atoms with Crippen LogP contribution in [0.15, 0.2) is 48.5 Å². The van der Waals surface area contributed by atoms with Crippen LogP contribution in [0.5, 0.6) is 5.75 Å². The Labute approximate surface area is 125 Å². The van der Waals surface area contributed by atoms with E-state index in [2.05, 4.69) is 32.2 Å². The van der Waals surface area contributed by atoms with Gasteiger partial charge in [0.1, 0.15) is 17.2 Å². The van der Waals surface area contributed by atoms with E-state index in [9.17, 15) is 4.39 Å². The van der Waals surface area contributed by atoms with Crippen molar-refractivity contribution in [3.8, 4) is 5.75 Å². The molecule has 0 spiro atoms. The number of nitrogens with one attached hydrogen (secondary N) is 1. The first-order valence-electron chi connectivity index (χ1n) is 7.27. The lowest BCUT2D eigenvalue weighted by Gasteiger charge is -2.30. The topological polar surface area (TPSA) is 21.3 Å². The van der Waals surface area contributed by atoms with E-state index in [4.69, 9.17) is 4.74 Å².